The Bertz CT molecular complexity index is 578. The van der Waals surface area contributed by atoms with Crippen molar-refractivity contribution in [3.63, 3.8) is 0 Å². The van der Waals surface area contributed by atoms with Crippen molar-refractivity contribution >= 4 is 17.4 Å². The first-order valence-electron chi connectivity index (χ1n) is 7.88. The van der Waals surface area contributed by atoms with Gasteiger partial charge in [-0.05, 0) is 38.3 Å². The van der Waals surface area contributed by atoms with E-state index in [1.807, 2.05) is 0 Å². The van der Waals surface area contributed by atoms with Gasteiger partial charge in [0, 0.05) is 19.2 Å². The van der Waals surface area contributed by atoms with E-state index in [0.717, 1.165) is 44.2 Å². The molecule has 8 heteroatoms. The Balaban J connectivity index is 1.80. The molecule has 1 fully saturated rings. The lowest BCUT2D eigenvalue weighted by atomic mass is 10.0. The van der Waals surface area contributed by atoms with E-state index in [4.69, 9.17) is 5.73 Å². The van der Waals surface area contributed by atoms with Crippen molar-refractivity contribution in [1.82, 2.24) is 15.2 Å². The lowest BCUT2D eigenvalue weighted by Crippen LogP contribution is -2.36. The summed E-state index contributed by atoms with van der Waals surface area (Å²) < 4.78 is 0. The number of nitrogens with one attached hydrogen (secondary N) is 1. The largest absolute Gasteiger partial charge is 0.383 e. The molecule has 126 valence electrons. The predicted molar refractivity (Wildman–Crippen MR) is 87.1 cm³/mol. The second-order valence-electron chi connectivity index (χ2n) is 6.04. The normalized spacial score (nSPS) is 18.6. The molecule has 0 aromatic carbocycles. The Kier molecular flexibility index (Phi) is 5.86. The molecular formula is C15H23N5O3. The fourth-order valence-corrected chi connectivity index (χ4v) is 2.84. The number of aromatic nitrogens is 1. The average molecular weight is 321 g/mol. The minimum atomic E-state index is -0.596. The average Bonchev–Trinajstić information content (AvgIpc) is 2.51. The highest BCUT2D eigenvalue weighted by Gasteiger charge is 2.17. The number of hydrogen-bond donors (Lipinski definition) is 2. The van der Waals surface area contributed by atoms with Gasteiger partial charge >= 0.3 is 0 Å². The van der Waals surface area contributed by atoms with Crippen LogP contribution in [0.4, 0.5) is 11.5 Å². The van der Waals surface area contributed by atoms with Crippen LogP contribution in [-0.4, -0.2) is 46.9 Å². The van der Waals surface area contributed by atoms with Crippen LogP contribution in [0.25, 0.3) is 0 Å². The molecule has 1 aromatic heterocycles. The zero-order chi connectivity index (χ0) is 16.8. The van der Waals surface area contributed by atoms with Crippen molar-refractivity contribution in [2.24, 2.45) is 5.92 Å². The second-order valence-corrected chi connectivity index (χ2v) is 6.04. The highest BCUT2D eigenvalue weighted by molar-refractivity contribution is 5.98. The zero-order valence-corrected chi connectivity index (χ0v) is 13.3. The van der Waals surface area contributed by atoms with Crippen molar-refractivity contribution < 1.29 is 9.72 Å². The van der Waals surface area contributed by atoms with E-state index in [1.54, 1.807) is 0 Å². The zero-order valence-electron chi connectivity index (χ0n) is 13.3. The molecule has 1 atom stereocenters. The molecule has 1 saturated heterocycles. The van der Waals surface area contributed by atoms with Gasteiger partial charge in [0.25, 0.3) is 11.6 Å². The van der Waals surface area contributed by atoms with Crippen LogP contribution in [0.3, 0.4) is 0 Å². The quantitative estimate of drug-likeness (QED) is 0.465. The van der Waals surface area contributed by atoms with E-state index in [0.29, 0.717) is 6.54 Å². The van der Waals surface area contributed by atoms with Gasteiger partial charge < -0.3 is 16.0 Å². The maximum Gasteiger partial charge on any atom is 0.288 e. The highest BCUT2D eigenvalue weighted by atomic mass is 16.6. The van der Waals surface area contributed by atoms with Gasteiger partial charge in [-0.15, -0.1) is 0 Å². The van der Waals surface area contributed by atoms with Crippen LogP contribution >= 0.6 is 0 Å². The molecule has 2 rings (SSSR count). The van der Waals surface area contributed by atoms with Crippen LogP contribution in [0, 0.1) is 16.0 Å². The number of anilines is 1. The van der Waals surface area contributed by atoms with E-state index < -0.39 is 10.8 Å². The van der Waals surface area contributed by atoms with Crippen LogP contribution < -0.4 is 11.1 Å². The monoisotopic (exact) mass is 321 g/mol. The van der Waals surface area contributed by atoms with Crippen molar-refractivity contribution in [2.75, 3.05) is 31.9 Å². The van der Waals surface area contributed by atoms with Crippen LogP contribution in [0.15, 0.2) is 12.3 Å². The number of carbonyl (C=O) groups is 1. The number of amides is 1. The molecule has 3 N–H and O–H groups in total. The Morgan fingerprint density at radius 3 is 3.09 bits per heavy atom. The van der Waals surface area contributed by atoms with Crippen LogP contribution in [0.1, 0.15) is 36.5 Å². The number of likely N-dealkylation sites (tertiary alicyclic amines) is 1. The Morgan fingerprint density at radius 1 is 1.61 bits per heavy atom. The lowest BCUT2D eigenvalue weighted by molar-refractivity contribution is -0.385. The number of piperidine rings is 1. The molecule has 0 saturated carbocycles. The number of nitrogens with zero attached hydrogens (tertiary/aromatic N) is 3. The number of rotatable bonds is 6. The summed E-state index contributed by atoms with van der Waals surface area (Å²) in [7, 11) is 0. The van der Waals surface area contributed by atoms with Crippen LogP contribution in [-0.2, 0) is 0 Å². The summed E-state index contributed by atoms with van der Waals surface area (Å²) in [5.41, 5.74) is 5.43. The fourth-order valence-electron chi connectivity index (χ4n) is 2.84. The van der Waals surface area contributed by atoms with Crippen molar-refractivity contribution in [1.29, 1.82) is 0 Å². The summed E-state index contributed by atoms with van der Waals surface area (Å²) in [4.78, 5) is 28.3. The van der Waals surface area contributed by atoms with Crippen molar-refractivity contribution in [2.45, 2.75) is 26.2 Å². The smallest absolute Gasteiger partial charge is 0.288 e. The van der Waals surface area contributed by atoms with Gasteiger partial charge in [0.2, 0.25) is 0 Å². The third kappa shape index (κ3) is 4.88. The third-order valence-corrected chi connectivity index (χ3v) is 4.04. The molecule has 0 spiro atoms. The van der Waals surface area contributed by atoms with Gasteiger partial charge in [-0.3, -0.25) is 14.9 Å². The molecule has 2 heterocycles. The van der Waals surface area contributed by atoms with Gasteiger partial charge in [0.1, 0.15) is 12.0 Å². The number of nitrogen functional groups attached to an aromatic ring is 1. The van der Waals surface area contributed by atoms with E-state index in [-0.39, 0.29) is 17.1 Å². The molecule has 1 unspecified atom stereocenters. The summed E-state index contributed by atoms with van der Waals surface area (Å²) in [6, 6.07) is 1.16. The predicted octanol–water partition coefficient (Wildman–Crippen LogP) is 1.42. The highest BCUT2D eigenvalue weighted by Crippen LogP contribution is 2.17. The number of nitrogens with two attached hydrogens (primary N) is 1. The van der Waals surface area contributed by atoms with E-state index in [2.05, 4.69) is 22.1 Å². The molecule has 23 heavy (non-hydrogen) atoms. The Morgan fingerprint density at radius 2 is 2.39 bits per heavy atom. The number of nitro groups is 1. The SMILES string of the molecule is CC1CCCN(CCCNC(=O)c2cc([N+](=O)[O-])cnc2N)C1. The van der Waals surface area contributed by atoms with Gasteiger partial charge in [-0.25, -0.2) is 4.98 Å². The molecule has 1 aromatic rings. The molecule has 1 aliphatic rings. The van der Waals surface area contributed by atoms with E-state index >= 15 is 0 Å². The number of pyridine rings is 1. The van der Waals surface area contributed by atoms with E-state index in [9.17, 15) is 14.9 Å². The summed E-state index contributed by atoms with van der Waals surface area (Å²) in [6.45, 7) is 5.92. The molecular weight excluding hydrogens is 298 g/mol. The molecule has 0 bridgehead atoms. The summed E-state index contributed by atoms with van der Waals surface area (Å²) in [5.74, 6) is 0.303. The van der Waals surface area contributed by atoms with Gasteiger partial charge in [0.15, 0.2) is 0 Å². The first kappa shape index (κ1) is 17.1. The minimum absolute atomic E-state index is 0.00189. The molecule has 0 radical (unpaired) electrons. The van der Waals surface area contributed by atoms with Crippen molar-refractivity contribution in [3.05, 3.63) is 27.9 Å². The second kappa shape index (κ2) is 7.87. The molecule has 1 amide bonds. The number of hydrogen-bond acceptors (Lipinski definition) is 6. The summed E-state index contributed by atoms with van der Waals surface area (Å²) in [6.07, 6.45) is 4.39. The van der Waals surface area contributed by atoms with Gasteiger partial charge in [-0.2, -0.15) is 0 Å². The van der Waals surface area contributed by atoms with Crippen molar-refractivity contribution in [3.8, 4) is 0 Å². The first-order valence-corrected chi connectivity index (χ1v) is 7.88. The lowest BCUT2D eigenvalue weighted by Gasteiger charge is -2.30. The maximum atomic E-state index is 12.1. The standard InChI is InChI=1S/C15H23N5O3/c1-11-4-2-6-19(10-11)7-3-5-17-15(21)13-8-12(20(22)23)9-18-14(13)16/h8-9,11H,2-7,10H2,1H3,(H2,16,18)(H,17,21). The maximum absolute atomic E-state index is 12.1. The summed E-state index contributed by atoms with van der Waals surface area (Å²) >= 11 is 0. The molecule has 0 aliphatic carbocycles. The minimum Gasteiger partial charge on any atom is -0.383 e. The first-order chi connectivity index (χ1) is 11.0. The topological polar surface area (TPSA) is 114 Å². The Labute approximate surface area is 135 Å². The third-order valence-electron chi connectivity index (χ3n) is 4.04. The van der Waals surface area contributed by atoms with Gasteiger partial charge in [0.05, 0.1) is 10.5 Å². The van der Waals surface area contributed by atoms with Crippen LogP contribution in [0.2, 0.25) is 0 Å². The summed E-state index contributed by atoms with van der Waals surface area (Å²) in [5, 5.41) is 13.5. The van der Waals surface area contributed by atoms with E-state index in [1.165, 1.54) is 12.8 Å². The Hall–Kier alpha value is -2.22. The van der Waals surface area contributed by atoms with Gasteiger partial charge in [-0.1, -0.05) is 6.92 Å². The fraction of sp³-hybridized carbons (Fsp3) is 0.600. The molecule has 8 nitrogen and oxygen atoms in total. The van der Waals surface area contributed by atoms with Crippen LogP contribution in [0.5, 0.6) is 0 Å². The number of carbonyl (C=O) groups excluding carboxylic acids is 1. The molecule has 1 aliphatic heterocycles.